The van der Waals surface area contributed by atoms with Gasteiger partial charge in [0.25, 0.3) is 5.56 Å². The summed E-state index contributed by atoms with van der Waals surface area (Å²) in [5.74, 6) is -0.413. The standard InChI is InChI=1S/C22H22FN3O2S/c1-14(20(27)25(2)13-15-6-5-7-16(23)12-15)29-22-24-19-9-4-3-8-18(19)21(28)26(22)17-10-11-17/h3-9,12,14,17H,10-11,13H2,1-2H3/t14-/m1/s1. The van der Waals surface area contributed by atoms with Crippen LogP contribution in [0.3, 0.4) is 0 Å². The van der Waals surface area contributed by atoms with Crippen molar-refractivity contribution in [3.05, 3.63) is 70.3 Å². The predicted octanol–water partition coefficient (Wildman–Crippen LogP) is 4.01. The number of carbonyl (C=O) groups is 1. The van der Waals surface area contributed by atoms with Gasteiger partial charge < -0.3 is 4.90 Å². The maximum Gasteiger partial charge on any atom is 0.262 e. The van der Waals surface area contributed by atoms with E-state index < -0.39 is 5.25 Å². The molecule has 0 aliphatic heterocycles. The van der Waals surface area contributed by atoms with E-state index in [9.17, 15) is 14.0 Å². The van der Waals surface area contributed by atoms with Gasteiger partial charge in [-0.05, 0) is 49.6 Å². The van der Waals surface area contributed by atoms with Gasteiger partial charge in [0.05, 0.1) is 16.2 Å². The molecule has 150 valence electrons. The highest BCUT2D eigenvalue weighted by Gasteiger charge is 2.30. The third-order valence-corrected chi connectivity index (χ3v) is 6.06. The molecule has 0 bridgehead atoms. The first-order valence-corrected chi connectivity index (χ1v) is 10.5. The Morgan fingerprint density at radius 1 is 1.28 bits per heavy atom. The topological polar surface area (TPSA) is 55.2 Å². The van der Waals surface area contributed by atoms with Crippen LogP contribution in [-0.2, 0) is 11.3 Å². The Kier molecular flexibility index (Phi) is 5.41. The third kappa shape index (κ3) is 4.19. The minimum absolute atomic E-state index is 0.0478. The Morgan fingerprint density at radius 2 is 2.03 bits per heavy atom. The number of rotatable bonds is 6. The zero-order valence-electron chi connectivity index (χ0n) is 16.3. The van der Waals surface area contributed by atoms with E-state index in [1.54, 1.807) is 34.7 Å². The van der Waals surface area contributed by atoms with E-state index in [4.69, 9.17) is 0 Å². The van der Waals surface area contributed by atoms with E-state index in [1.807, 2.05) is 25.1 Å². The number of benzene rings is 2. The number of hydrogen-bond acceptors (Lipinski definition) is 4. The van der Waals surface area contributed by atoms with Gasteiger partial charge in [0.2, 0.25) is 5.91 Å². The molecule has 1 saturated carbocycles. The molecule has 1 fully saturated rings. The Hall–Kier alpha value is -2.67. The van der Waals surface area contributed by atoms with Crippen molar-refractivity contribution in [3.8, 4) is 0 Å². The first-order chi connectivity index (χ1) is 13.9. The largest absolute Gasteiger partial charge is 0.340 e. The summed E-state index contributed by atoms with van der Waals surface area (Å²) in [6.45, 7) is 2.13. The Morgan fingerprint density at radius 3 is 2.76 bits per heavy atom. The fourth-order valence-corrected chi connectivity index (χ4v) is 4.46. The van der Waals surface area contributed by atoms with Crippen LogP contribution in [0.4, 0.5) is 4.39 Å². The van der Waals surface area contributed by atoms with Gasteiger partial charge in [-0.3, -0.25) is 14.2 Å². The summed E-state index contributed by atoms with van der Waals surface area (Å²) in [7, 11) is 1.70. The quantitative estimate of drug-likeness (QED) is 0.454. The molecule has 0 spiro atoms. The predicted molar refractivity (Wildman–Crippen MR) is 112 cm³/mol. The molecule has 1 heterocycles. The van der Waals surface area contributed by atoms with E-state index in [1.165, 1.54) is 23.9 Å². The zero-order chi connectivity index (χ0) is 20.5. The first-order valence-electron chi connectivity index (χ1n) is 9.61. The van der Waals surface area contributed by atoms with Crippen molar-refractivity contribution >= 4 is 28.6 Å². The van der Waals surface area contributed by atoms with Crippen LogP contribution < -0.4 is 5.56 Å². The molecule has 1 aliphatic carbocycles. The average molecular weight is 412 g/mol. The van der Waals surface area contributed by atoms with Gasteiger partial charge in [-0.15, -0.1) is 0 Å². The fraction of sp³-hybridized carbons (Fsp3) is 0.318. The van der Waals surface area contributed by atoms with Gasteiger partial charge in [-0.2, -0.15) is 0 Å². The molecule has 0 unspecified atom stereocenters. The number of fused-ring (bicyclic) bond motifs is 1. The van der Waals surface area contributed by atoms with E-state index in [0.717, 1.165) is 18.4 Å². The number of thioether (sulfide) groups is 1. The summed E-state index contributed by atoms with van der Waals surface area (Å²) >= 11 is 1.30. The van der Waals surface area contributed by atoms with Crippen LogP contribution in [-0.4, -0.2) is 32.7 Å². The van der Waals surface area contributed by atoms with E-state index in [-0.39, 0.29) is 23.3 Å². The van der Waals surface area contributed by atoms with Crippen LogP contribution in [0, 0.1) is 5.82 Å². The molecule has 5 nitrogen and oxygen atoms in total. The lowest BCUT2D eigenvalue weighted by atomic mass is 10.2. The minimum atomic E-state index is -0.424. The lowest BCUT2D eigenvalue weighted by molar-refractivity contribution is -0.129. The van der Waals surface area contributed by atoms with E-state index in [2.05, 4.69) is 4.98 Å². The Bertz CT molecular complexity index is 1130. The van der Waals surface area contributed by atoms with Crippen LogP contribution in [0.25, 0.3) is 10.9 Å². The molecule has 0 saturated heterocycles. The summed E-state index contributed by atoms with van der Waals surface area (Å²) in [6.07, 6.45) is 1.91. The minimum Gasteiger partial charge on any atom is -0.340 e. The molecule has 29 heavy (non-hydrogen) atoms. The van der Waals surface area contributed by atoms with E-state index >= 15 is 0 Å². The third-order valence-electron chi connectivity index (χ3n) is 5.00. The van der Waals surface area contributed by atoms with Crippen molar-refractivity contribution in [2.75, 3.05) is 7.05 Å². The summed E-state index contributed by atoms with van der Waals surface area (Å²) in [6, 6.07) is 13.7. The van der Waals surface area contributed by atoms with Crippen LogP contribution in [0.2, 0.25) is 0 Å². The zero-order valence-corrected chi connectivity index (χ0v) is 17.2. The molecule has 1 aliphatic rings. The Labute approximate surface area is 172 Å². The van der Waals surface area contributed by atoms with Crippen molar-refractivity contribution in [2.45, 2.75) is 42.8 Å². The lowest BCUT2D eigenvalue weighted by Gasteiger charge is -2.22. The van der Waals surface area contributed by atoms with Gasteiger partial charge >= 0.3 is 0 Å². The van der Waals surface area contributed by atoms with Crippen molar-refractivity contribution in [3.63, 3.8) is 0 Å². The molecule has 4 rings (SSSR count). The number of carbonyl (C=O) groups excluding carboxylic acids is 1. The maximum absolute atomic E-state index is 13.4. The monoisotopic (exact) mass is 411 g/mol. The number of para-hydroxylation sites is 1. The van der Waals surface area contributed by atoms with Crippen molar-refractivity contribution in [2.24, 2.45) is 0 Å². The average Bonchev–Trinajstić information content (AvgIpc) is 3.52. The van der Waals surface area contributed by atoms with Crippen molar-refractivity contribution < 1.29 is 9.18 Å². The van der Waals surface area contributed by atoms with Crippen molar-refractivity contribution in [1.29, 1.82) is 0 Å². The van der Waals surface area contributed by atoms with E-state index in [0.29, 0.717) is 22.6 Å². The van der Waals surface area contributed by atoms with Crippen LogP contribution in [0.15, 0.2) is 58.5 Å². The second-order valence-corrected chi connectivity index (χ2v) is 8.71. The molecule has 2 aromatic carbocycles. The van der Waals surface area contributed by atoms with Gasteiger partial charge in [0.15, 0.2) is 5.16 Å². The molecular weight excluding hydrogens is 389 g/mol. The first kappa shape index (κ1) is 19.6. The smallest absolute Gasteiger partial charge is 0.262 e. The normalized spacial score (nSPS) is 14.7. The molecule has 0 N–H and O–H groups in total. The number of halogens is 1. The number of hydrogen-bond donors (Lipinski definition) is 0. The molecule has 7 heteroatoms. The summed E-state index contributed by atoms with van der Waals surface area (Å²) < 4.78 is 15.1. The molecule has 3 aromatic rings. The highest BCUT2D eigenvalue weighted by atomic mass is 32.2. The van der Waals surface area contributed by atoms with Crippen LogP contribution in [0.1, 0.15) is 31.4 Å². The number of aromatic nitrogens is 2. The molecule has 1 aromatic heterocycles. The lowest BCUT2D eigenvalue weighted by Crippen LogP contribution is -2.33. The SMILES string of the molecule is C[C@@H](Sc1nc2ccccc2c(=O)n1C1CC1)C(=O)N(C)Cc1cccc(F)c1. The highest BCUT2D eigenvalue weighted by molar-refractivity contribution is 8.00. The number of nitrogens with zero attached hydrogens (tertiary/aromatic N) is 3. The molecule has 1 atom stereocenters. The van der Waals surface area contributed by atoms with Crippen molar-refractivity contribution in [1.82, 2.24) is 14.5 Å². The van der Waals surface area contributed by atoms with Crippen LogP contribution >= 0.6 is 11.8 Å². The van der Waals surface area contributed by atoms with Gasteiger partial charge in [0, 0.05) is 19.6 Å². The summed E-state index contributed by atoms with van der Waals surface area (Å²) in [4.78, 5) is 32.1. The Balaban J connectivity index is 1.56. The van der Waals surface area contributed by atoms with Gasteiger partial charge in [-0.1, -0.05) is 36.0 Å². The number of amides is 1. The molecule has 0 radical (unpaired) electrons. The van der Waals surface area contributed by atoms with Gasteiger partial charge in [-0.25, -0.2) is 9.37 Å². The molecular formula is C22H22FN3O2S. The van der Waals surface area contributed by atoms with Crippen LogP contribution in [0.5, 0.6) is 0 Å². The fourth-order valence-electron chi connectivity index (χ4n) is 3.37. The highest BCUT2D eigenvalue weighted by Crippen LogP contribution is 2.37. The molecule has 1 amide bonds. The second kappa shape index (κ2) is 7.99. The maximum atomic E-state index is 13.4. The summed E-state index contributed by atoms with van der Waals surface area (Å²) in [5.41, 5.74) is 1.33. The second-order valence-electron chi connectivity index (χ2n) is 7.40. The summed E-state index contributed by atoms with van der Waals surface area (Å²) in [5, 5.41) is 0.758. The van der Waals surface area contributed by atoms with Gasteiger partial charge in [0.1, 0.15) is 5.82 Å².